The summed E-state index contributed by atoms with van der Waals surface area (Å²) in [4.78, 5) is 36.2. The van der Waals surface area contributed by atoms with Crippen LogP contribution in [0.25, 0.3) is 22.2 Å². The van der Waals surface area contributed by atoms with Gasteiger partial charge in [0.05, 0.1) is 23.0 Å². The van der Waals surface area contributed by atoms with Gasteiger partial charge in [0, 0.05) is 18.4 Å². The van der Waals surface area contributed by atoms with Gasteiger partial charge in [0.15, 0.2) is 0 Å². The lowest BCUT2D eigenvalue weighted by Crippen LogP contribution is -2.30. The lowest BCUT2D eigenvalue weighted by Gasteiger charge is -2.23. The van der Waals surface area contributed by atoms with Gasteiger partial charge in [-0.3, -0.25) is 19.6 Å². The van der Waals surface area contributed by atoms with E-state index in [2.05, 4.69) is 9.97 Å². The van der Waals surface area contributed by atoms with Gasteiger partial charge in [-0.1, -0.05) is 55.5 Å². The maximum absolute atomic E-state index is 14.1. The highest BCUT2D eigenvalue weighted by atomic mass is 19.4. The minimum atomic E-state index is -4.65. The zero-order chi connectivity index (χ0) is 31.6. The Labute approximate surface area is 252 Å². The number of nitrogens with zero attached hydrogens (tertiary/aromatic N) is 3. The molecule has 0 saturated carbocycles. The molecule has 0 bridgehead atoms. The Kier molecular flexibility index (Phi) is 8.27. The van der Waals surface area contributed by atoms with Gasteiger partial charge in [-0.2, -0.15) is 13.2 Å². The fourth-order valence-corrected chi connectivity index (χ4v) is 4.87. The fraction of sp³-hybridized carbons (Fsp3) is 0.235. The number of halogens is 3. The molecule has 5 aromatic rings. The summed E-state index contributed by atoms with van der Waals surface area (Å²) in [5.74, 6) is -2.51. The van der Waals surface area contributed by atoms with Crippen LogP contribution < -0.4 is 0 Å². The number of carbonyl (C=O) groups is 2. The second kappa shape index (κ2) is 11.9. The summed E-state index contributed by atoms with van der Waals surface area (Å²) >= 11 is 0. The number of hydrogen-bond donors (Lipinski definition) is 1. The number of benzene rings is 2. The molecule has 3 heterocycles. The summed E-state index contributed by atoms with van der Waals surface area (Å²) in [7, 11) is 0. The number of hydrogen-bond acceptors (Lipinski definition) is 5. The van der Waals surface area contributed by atoms with Gasteiger partial charge in [-0.25, -0.2) is 0 Å². The number of carboxylic acid groups (broad SMARTS) is 1. The maximum atomic E-state index is 14.1. The van der Waals surface area contributed by atoms with Crippen molar-refractivity contribution in [3.05, 3.63) is 119 Å². The van der Waals surface area contributed by atoms with E-state index in [-0.39, 0.29) is 18.8 Å². The normalized spacial score (nSPS) is 12.0. The molecule has 1 amide bonds. The molecule has 0 fully saturated rings. The number of aryl methyl sites for hydroxylation is 1. The molecule has 3 aromatic heterocycles. The monoisotopic (exact) mass is 601 g/mol. The van der Waals surface area contributed by atoms with Gasteiger partial charge in [0.2, 0.25) is 5.76 Å². The van der Waals surface area contributed by atoms with Crippen LogP contribution in [0.15, 0.2) is 89.5 Å². The van der Waals surface area contributed by atoms with Crippen LogP contribution in [-0.4, -0.2) is 31.9 Å². The number of amides is 1. The molecule has 5 rings (SSSR count). The van der Waals surface area contributed by atoms with Crippen molar-refractivity contribution in [1.29, 1.82) is 0 Å². The van der Waals surface area contributed by atoms with E-state index in [1.807, 2.05) is 43.3 Å². The van der Waals surface area contributed by atoms with Crippen molar-refractivity contribution in [2.75, 3.05) is 0 Å². The molecule has 0 aliphatic carbocycles. The van der Waals surface area contributed by atoms with Crippen LogP contribution in [0.5, 0.6) is 0 Å². The second-order valence-electron chi connectivity index (χ2n) is 11.0. The van der Waals surface area contributed by atoms with Crippen LogP contribution in [0.4, 0.5) is 13.2 Å². The van der Waals surface area contributed by atoms with Crippen LogP contribution in [0.3, 0.4) is 0 Å². The van der Waals surface area contributed by atoms with Gasteiger partial charge >= 0.3 is 12.1 Å². The van der Waals surface area contributed by atoms with E-state index in [9.17, 15) is 27.9 Å². The summed E-state index contributed by atoms with van der Waals surface area (Å²) in [6.07, 6.45) is -2.52. The SMILES string of the molecule is CCc1cc(C(=O)N(Cc2ccc(-c3cccc(C(C)(C)C(=O)O)c3)cc2)Cc2ccc(C(F)(F)F)o2)c2ncccc2n1. The number of fused-ring (bicyclic) bond motifs is 1. The van der Waals surface area contributed by atoms with Crippen LogP contribution >= 0.6 is 0 Å². The Bertz CT molecular complexity index is 1830. The average Bonchev–Trinajstić information content (AvgIpc) is 3.49. The van der Waals surface area contributed by atoms with Crippen molar-refractivity contribution in [3.8, 4) is 11.1 Å². The van der Waals surface area contributed by atoms with Crippen LogP contribution in [0, 0.1) is 0 Å². The Balaban J connectivity index is 1.48. The van der Waals surface area contributed by atoms with Crippen LogP contribution in [0.2, 0.25) is 0 Å². The third-order valence-corrected chi connectivity index (χ3v) is 7.56. The van der Waals surface area contributed by atoms with Crippen molar-refractivity contribution in [1.82, 2.24) is 14.9 Å². The minimum Gasteiger partial charge on any atom is -0.481 e. The fourth-order valence-electron chi connectivity index (χ4n) is 4.87. The summed E-state index contributed by atoms with van der Waals surface area (Å²) in [5.41, 5.74) is 3.91. The van der Waals surface area contributed by atoms with Crippen LogP contribution in [0.1, 0.15) is 59.5 Å². The second-order valence-corrected chi connectivity index (χ2v) is 11.0. The first kappa shape index (κ1) is 30.5. The third kappa shape index (κ3) is 6.34. The van der Waals surface area contributed by atoms with Crippen molar-refractivity contribution in [3.63, 3.8) is 0 Å². The van der Waals surface area contributed by atoms with Gasteiger partial charge in [-0.15, -0.1) is 0 Å². The smallest absolute Gasteiger partial charge is 0.449 e. The third-order valence-electron chi connectivity index (χ3n) is 7.56. The first-order chi connectivity index (χ1) is 20.9. The number of aliphatic carboxylic acids is 1. The molecule has 0 unspecified atom stereocenters. The summed E-state index contributed by atoms with van der Waals surface area (Å²) in [5, 5.41) is 9.64. The van der Waals surface area contributed by atoms with Gasteiger partial charge < -0.3 is 14.4 Å². The van der Waals surface area contributed by atoms with E-state index in [4.69, 9.17) is 4.42 Å². The number of carboxylic acids is 1. The first-order valence-electron chi connectivity index (χ1n) is 14.0. The largest absolute Gasteiger partial charge is 0.481 e. The first-order valence-corrected chi connectivity index (χ1v) is 14.0. The van der Waals surface area contributed by atoms with E-state index in [0.717, 1.165) is 22.8 Å². The molecule has 0 aliphatic heterocycles. The van der Waals surface area contributed by atoms with Gasteiger partial charge in [0.1, 0.15) is 11.3 Å². The molecule has 226 valence electrons. The molecule has 2 aromatic carbocycles. The predicted molar refractivity (Wildman–Crippen MR) is 159 cm³/mol. The number of alkyl halides is 3. The molecule has 10 heteroatoms. The topological polar surface area (TPSA) is 96.5 Å². The molecule has 0 atom stereocenters. The van der Waals surface area contributed by atoms with E-state index < -0.39 is 29.2 Å². The number of furan rings is 1. The summed E-state index contributed by atoms with van der Waals surface area (Å²) < 4.78 is 44.8. The van der Waals surface area contributed by atoms with Crippen molar-refractivity contribution in [2.45, 2.75) is 51.9 Å². The number of aromatic nitrogens is 2. The highest BCUT2D eigenvalue weighted by molar-refractivity contribution is 6.04. The molecule has 44 heavy (non-hydrogen) atoms. The van der Waals surface area contributed by atoms with Crippen molar-refractivity contribution < 1.29 is 32.3 Å². The Morgan fingerprint density at radius 1 is 0.909 bits per heavy atom. The molecular weight excluding hydrogens is 571 g/mol. The van der Waals surface area contributed by atoms with E-state index in [1.54, 1.807) is 50.4 Å². The molecule has 7 nitrogen and oxygen atoms in total. The van der Waals surface area contributed by atoms with Crippen molar-refractivity contribution in [2.24, 2.45) is 0 Å². The molecular formula is C34H30F3N3O4. The minimum absolute atomic E-state index is 0.0119. The van der Waals surface area contributed by atoms with Gasteiger partial charge in [0.25, 0.3) is 5.91 Å². The average molecular weight is 602 g/mol. The van der Waals surface area contributed by atoms with Crippen LogP contribution in [-0.2, 0) is 35.9 Å². The molecule has 1 N–H and O–H groups in total. The maximum Gasteiger partial charge on any atom is 0.449 e. The number of pyridine rings is 2. The Hall–Kier alpha value is -4.99. The quantitative estimate of drug-likeness (QED) is 0.186. The number of carbonyl (C=O) groups excluding carboxylic acids is 1. The molecule has 0 aliphatic rings. The Morgan fingerprint density at radius 2 is 1.66 bits per heavy atom. The predicted octanol–water partition coefficient (Wildman–Crippen LogP) is 7.68. The standard InChI is InChI=1S/C34H30F3N3O4/c1-4-25-18-27(30-28(39-25)9-6-16-38-30)31(41)40(20-26-14-15-29(44-26)34(35,36)37)19-21-10-12-22(13-11-21)23-7-5-8-24(17-23)33(2,3)32(42)43/h5-18H,4,19-20H2,1-3H3,(H,42,43). The molecule has 0 radical (unpaired) electrons. The van der Waals surface area contributed by atoms with E-state index >= 15 is 0 Å². The molecule has 0 spiro atoms. The molecule has 0 saturated heterocycles. The van der Waals surface area contributed by atoms with Gasteiger partial charge in [-0.05, 0) is 72.9 Å². The van der Waals surface area contributed by atoms with E-state index in [1.165, 1.54) is 11.0 Å². The highest BCUT2D eigenvalue weighted by Gasteiger charge is 2.35. The van der Waals surface area contributed by atoms with E-state index in [0.29, 0.717) is 34.3 Å². The number of rotatable bonds is 9. The lowest BCUT2D eigenvalue weighted by molar-refractivity contribution is -0.153. The Morgan fingerprint density at radius 3 is 2.32 bits per heavy atom. The van der Waals surface area contributed by atoms with Crippen molar-refractivity contribution >= 4 is 22.9 Å². The zero-order valence-corrected chi connectivity index (χ0v) is 24.4. The highest BCUT2D eigenvalue weighted by Crippen LogP contribution is 2.32. The zero-order valence-electron chi connectivity index (χ0n) is 24.4. The lowest BCUT2D eigenvalue weighted by atomic mass is 9.83. The summed E-state index contributed by atoms with van der Waals surface area (Å²) in [6, 6.07) is 21.9. The summed E-state index contributed by atoms with van der Waals surface area (Å²) in [6.45, 7) is 5.07.